The number of rotatable bonds is 6. The second-order valence-electron chi connectivity index (χ2n) is 5.09. The fourth-order valence-electron chi connectivity index (χ4n) is 1.97. The van der Waals surface area contributed by atoms with E-state index in [0.717, 1.165) is 5.56 Å². The molecule has 1 amide bonds. The highest BCUT2D eigenvalue weighted by molar-refractivity contribution is 7.88. The fourth-order valence-corrected chi connectivity index (χ4v) is 3.16. The smallest absolute Gasteiger partial charge is 0.251 e. The third-order valence-corrected chi connectivity index (χ3v) is 4.36. The van der Waals surface area contributed by atoms with Gasteiger partial charge in [-0.2, -0.15) is 4.31 Å². The van der Waals surface area contributed by atoms with Crippen LogP contribution in [0.5, 0.6) is 0 Å². The Labute approximate surface area is 121 Å². The van der Waals surface area contributed by atoms with Crippen molar-refractivity contribution in [3.05, 3.63) is 35.4 Å². The van der Waals surface area contributed by atoms with Crippen LogP contribution in [0.3, 0.4) is 0 Å². The lowest BCUT2D eigenvalue weighted by molar-refractivity contribution is 0.0950. The molecule has 0 aliphatic rings. The first-order valence-corrected chi connectivity index (χ1v) is 8.38. The maximum Gasteiger partial charge on any atom is 0.251 e. The van der Waals surface area contributed by atoms with Crippen LogP contribution in [0.4, 0.5) is 0 Å². The molecule has 0 radical (unpaired) electrons. The summed E-state index contributed by atoms with van der Waals surface area (Å²) < 4.78 is 24.5. The Morgan fingerprint density at radius 1 is 1.35 bits per heavy atom. The Morgan fingerprint density at radius 2 is 2.00 bits per heavy atom. The zero-order valence-electron chi connectivity index (χ0n) is 12.4. The average Bonchev–Trinajstić information content (AvgIpc) is 2.32. The molecule has 0 aromatic heterocycles. The normalized spacial score (nSPS) is 11.9. The molecule has 0 bridgehead atoms. The van der Waals surface area contributed by atoms with Crippen molar-refractivity contribution in [2.45, 2.75) is 26.8 Å². The molecule has 0 spiro atoms. The van der Waals surface area contributed by atoms with Gasteiger partial charge < -0.3 is 5.32 Å². The summed E-state index contributed by atoms with van der Waals surface area (Å²) in [5.74, 6) is -0.189. The molecule has 0 saturated heterocycles. The van der Waals surface area contributed by atoms with Gasteiger partial charge >= 0.3 is 0 Å². The van der Waals surface area contributed by atoms with E-state index < -0.39 is 10.0 Å². The van der Waals surface area contributed by atoms with Gasteiger partial charge in [-0.05, 0) is 32.9 Å². The Kier molecular flexibility index (Phi) is 5.71. The summed E-state index contributed by atoms with van der Waals surface area (Å²) in [6.45, 7) is 6.10. The number of amides is 1. The second-order valence-corrected chi connectivity index (χ2v) is 7.03. The first-order chi connectivity index (χ1) is 9.21. The predicted octanol–water partition coefficient (Wildman–Crippen LogP) is 1.39. The standard InChI is InChI=1S/C14H22N2O3S/c1-11(2)16(20(4,18)19)9-8-15-14(17)13-7-5-6-12(3)10-13/h5-7,10-11H,8-9H2,1-4H3,(H,15,17). The summed E-state index contributed by atoms with van der Waals surface area (Å²) >= 11 is 0. The van der Waals surface area contributed by atoms with Gasteiger partial charge in [0.15, 0.2) is 0 Å². The lowest BCUT2D eigenvalue weighted by atomic mass is 10.1. The van der Waals surface area contributed by atoms with Crippen LogP contribution in [0.15, 0.2) is 24.3 Å². The van der Waals surface area contributed by atoms with Gasteiger partial charge in [0.25, 0.3) is 5.91 Å². The van der Waals surface area contributed by atoms with Crippen molar-refractivity contribution in [2.24, 2.45) is 0 Å². The van der Waals surface area contributed by atoms with Crippen molar-refractivity contribution >= 4 is 15.9 Å². The number of hydrogen-bond acceptors (Lipinski definition) is 3. The summed E-state index contributed by atoms with van der Waals surface area (Å²) in [7, 11) is -3.25. The van der Waals surface area contributed by atoms with E-state index in [1.165, 1.54) is 10.6 Å². The number of carbonyl (C=O) groups is 1. The van der Waals surface area contributed by atoms with Crippen molar-refractivity contribution in [2.75, 3.05) is 19.3 Å². The molecule has 112 valence electrons. The van der Waals surface area contributed by atoms with Crippen molar-refractivity contribution in [1.82, 2.24) is 9.62 Å². The number of nitrogens with zero attached hydrogens (tertiary/aromatic N) is 1. The number of carbonyl (C=O) groups excluding carboxylic acids is 1. The van der Waals surface area contributed by atoms with E-state index in [1.807, 2.05) is 32.9 Å². The molecule has 5 nitrogen and oxygen atoms in total. The molecule has 6 heteroatoms. The van der Waals surface area contributed by atoms with Crippen LogP contribution >= 0.6 is 0 Å². The van der Waals surface area contributed by atoms with E-state index in [9.17, 15) is 13.2 Å². The van der Waals surface area contributed by atoms with Gasteiger partial charge in [-0.25, -0.2) is 8.42 Å². The third kappa shape index (κ3) is 4.94. The number of aryl methyl sites for hydroxylation is 1. The zero-order chi connectivity index (χ0) is 15.3. The molecular weight excluding hydrogens is 276 g/mol. The lowest BCUT2D eigenvalue weighted by Gasteiger charge is -2.23. The van der Waals surface area contributed by atoms with Crippen molar-refractivity contribution in [1.29, 1.82) is 0 Å². The molecule has 0 fully saturated rings. The highest BCUT2D eigenvalue weighted by Crippen LogP contribution is 2.05. The number of sulfonamides is 1. The number of benzene rings is 1. The molecule has 0 unspecified atom stereocenters. The van der Waals surface area contributed by atoms with Gasteiger partial charge in [0.05, 0.1) is 6.26 Å². The second kappa shape index (κ2) is 6.85. The summed E-state index contributed by atoms with van der Waals surface area (Å²) in [4.78, 5) is 11.9. The van der Waals surface area contributed by atoms with Crippen LogP contribution < -0.4 is 5.32 Å². The van der Waals surface area contributed by atoms with Gasteiger partial charge in [0.2, 0.25) is 10.0 Å². The highest BCUT2D eigenvalue weighted by atomic mass is 32.2. The van der Waals surface area contributed by atoms with Crippen LogP contribution in [0.25, 0.3) is 0 Å². The number of hydrogen-bond donors (Lipinski definition) is 1. The predicted molar refractivity (Wildman–Crippen MR) is 80.2 cm³/mol. The SMILES string of the molecule is Cc1cccc(C(=O)NCCN(C(C)C)S(C)(=O)=O)c1. The quantitative estimate of drug-likeness (QED) is 0.863. The minimum atomic E-state index is -3.25. The Balaban J connectivity index is 2.58. The van der Waals surface area contributed by atoms with Crippen LogP contribution in [0.1, 0.15) is 29.8 Å². The van der Waals surface area contributed by atoms with Gasteiger partial charge in [-0.1, -0.05) is 17.7 Å². The van der Waals surface area contributed by atoms with Crippen molar-refractivity contribution < 1.29 is 13.2 Å². The van der Waals surface area contributed by atoms with E-state index >= 15 is 0 Å². The van der Waals surface area contributed by atoms with E-state index in [4.69, 9.17) is 0 Å². The zero-order valence-corrected chi connectivity index (χ0v) is 13.2. The van der Waals surface area contributed by atoms with Crippen LogP contribution in [0.2, 0.25) is 0 Å². The molecule has 0 saturated carbocycles. The van der Waals surface area contributed by atoms with E-state index in [2.05, 4.69) is 5.32 Å². The molecule has 0 aliphatic heterocycles. The Hall–Kier alpha value is -1.40. The van der Waals surface area contributed by atoms with Crippen LogP contribution in [-0.2, 0) is 10.0 Å². The van der Waals surface area contributed by atoms with Gasteiger partial charge in [0.1, 0.15) is 0 Å². The molecule has 1 aromatic carbocycles. The minimum absolute atomic E-state index is 0.124. The van der Waals surface area contributed by atoms with Crippen LogP contribution in [0, 0.1) is 6.92 Å². The summed E-state index contributed by atoms with van der Waals surface area (Å²) in [6, 6.07) is 7.15. The van der Waals surface area contributed by atoms with Crippen LogP contribution in [-0.4, -0.2) is 44.0 Å². The van der Waals surface area contributed by atoms with E-state index in [-0.39, 0.29) is 25.0 Å². The third-order valence-electron chi connectivity index (χ3n) is 2.90. The van der Waals surface area contributed by atoms with Gasteiger partial charge in [-0.3, -0.25) is 4.79 Å². The Bertz CT molecular complexity index is 568. The van der Waals surface area contributed by atoms with Gasteiger partial charge in [0, 0.05) is 24.7 Å². The fraction of sp³-hybridized carbons (Fsp3) is 0.500. The monoisotopic (exact) mass is 298 g/mol. The average molecular weight is 298 g/mol. The molecular formula is C14H22N2O3S. The van der Waals surface area contributed by atoms with E-state index in [1.54, 1.807) is 12.1 Å². The molecule has 0 heterocycles. The molecule has 1 aromatic rings. The summed E-state index contributed by atoms with van der Waals surface area (Å²) in [5.41, 5.74) is 1.60. The molecule has 1 N–H and O–H groups in total. The minimum Gasteiger partial charge on any atom is -0.351 e. The Morgan fingerprint density at radius 3 is 2.50 bits per heavy atom. The maximum absolute atomic E-state index is 11.9. The number of nitrogens with one attached hydrogen (secondary N) is 1. The maximum atomic E-state index is 11.9. The summed E-state index contributed by atoms with van der Waals surface area (Å²) in [5, 5.41) is 2.74. The topological polar surface area (TPSA) is 66.5 Å². The van der Waals surface area contributed by atoms with E-state index in [0.29, 0.717) is 5.56 Å². The molecule has 1 rings (SSSR count). The largest absolute Gasteiger partial charge is 0.351 e. The first-order valence-electron chi connectivity index (χ1n) is 6.53. The lowest BCUT2D eigenvalue weighted by Crippen LogP contribution is -2.41. The van der Waals surface area contributed by atoms with Crippen molar-refractivity contribution in [3.63, 3.8) is 0 Å². The molecule has 20 heavy (non-hydrogen) atoms. The van der Waals surface area contributed by atoms with Gasteiger partial charge in [-0.15, -0.1) is 0 Å². The van der Waals surface area contributed by atoms with Crippen molar-refractivity contribution in [3.8, 4) is 0 Å². The molecule has 0 aliphatic carbocycles. The molecule has 0 atom stereocenters. The summed E-state index contributed by atoms with van der Waals surface area (Å²) in [6.07, 6.45) is 1.18. The first kappa shape index (κ1) is 16.7. The highest BCUT2D eigenvalue weighted by Gasteiger charge is 2.19.